The third kappa shape index (κ3) is 8.13. The summed E-state index contributed by atoms with van der Waals surface area (Å²) < 4.78 is 4.78. The second kappa shape index (κ2) is 8.46. The van der Waals surface area contributed by atoms with Crippen molar-refractivity contribution in [2.75, 3.05) is 19.7 Å². The first-order valence-electron chi connectivity index (χ1n) is 6.73. The number of hydrogen-bond acceptors (Lipinski definition) is 5. The lowest BCUT2D eigenvalue weighted by molar-refractivity contribution is -0.144. The average molecular weight is 304 g/mol. The van der Waals surface area contributed by atoms with E-state index in [0.717, 1.165) is 0 Å². The molecule has 0 bridgehead atoms. The highest BCUT2D eigenvalue weighted by atomic mass is 16.5. The molecule has 0 aliphatic rings. The van der Waals surface area contributed by atoms with E-state index in [4.69, 9.17) is 9.84 Å². The molecule has 0 aromatic heterocycles. The molecule has 0 spiro atoms. The molecule has 0 saturated heterocycles. The smallest absolute Gasteiger partial charge is 0.325 e. The van der Waals surface area contributed by atoms with Crippen molar-refractivity contribution >= 4 is 18.0 Å². The van der Waals surface area contributed by atoms with Gasteiger partial charge in [-0.1, -0.05) is 0 Å². The second-order valence-electron chi connectivity index (χ2n) is 5.25. The summed E-state index contributed by atoms with van der Waals surface area (Å²) in [5, 5.41) is 20.9. The number of rotatable bonds is 8. The Balaban J connectivity index is 4.56. The number of carboxylic acids is 1. The number of aliphatic carboxylic acids is 1. The highest BCUT2D eigenvalue weighted by Crippen LogP contribution is 2.08. The van der Waals surface area contributed by atoms with E-state index in [0.29, 0.717) is 0 Å². The van der Waals surface area contributed by atoms with Gasteiger partial charge in [-0.3, -0.25) is 9.59 Å². The van der Waals surface area contributed by atoms with E-state index in [1.807, 2.05) is 0 Å². The minimum absolute atomic E-state index is 0.210. The fraction of sp³-hybridized carbons (Fsp3) is 0.769. The van der Waals surface area contributed by atoms with Gasteiger partial charge in [0.05, 0.1) is 18.6 Å². The largest absolute Gasteiger partial charge is 0.481 e. The average Bonchev–Trinajstić information content (AvgIpc) is 2.31. The summed E-state index contributed by atoms with van der Waals surface area (Å²) in [6, 6.07) is -0.817. The van der Waals surface area contributed by atoms with Crippen molar-refractivity contribution in [2.24, 2.45) is 0 Å². The van der Waals surface area contributed by atoms with Gasteiger partial charge >= 0.3 is 18.0 Å². The Hall–Kier alpha value is -1.83. The van der Waals surface area contributed by atoms with Crippen LogP contribution in [0.3, 0.4) is 0 Å². The molecule has 2 amide bonds. The third-order valence-electron chi connectivity index (χ3n) is 2.64. The Morgan fingerprint density at radius 3 is 2.33 bits per heavy atom. The summed E-state index contributed by atoms with van der Waals surface area (Å²) in [5.41, 5.74) is -1.56. The Morgan fingerprint density at radius 1 is 1.33 bits per heavy atom. The molecule has 1 atom stereocenters. The van der Waals surface area contributed by atoms with Crippen LogP contribution >= 0.6 is 0 Å². The van der Waals surface area contributed by atoms with Gasteiger partial charge in [-0.2, -0.15) is 0 Å². The van der Waals surface area contributed by atoms with Crippen LogP contribution in [0.15, 0.2) is 0 Å². The van der Waals surface area contributed by atoms with Crippen molar-refractivity contribution in [2.45, 2.75) is 45.8 Å². The van der Waals surface area contributed by atoms with Crippen molar-refractivity contribution in [3.63, 3.8) is 0 Å². The fourth-order valence-electron chi connectivity index (χ4n) is 1.59. The van der Waals surface area contributed by atoms with Crippen LogP contribution < -0.4 is 5.32 Å². The number of amides is 2. The lowest BCUT2D eigenvalue weighted by atomic mass is 10.0. The molecule has 0 radical (unpaired) electrons. The molecule has 0 rings (SSSR count). The minimum atomic E-state index is -1.56. The first kappa shape index (κ1) is 19.2. The molecule has 0 aromatic carbocycles. The van der Waals surface area contributed by atoms with Crippen LogP contribution in [0, 0.1) is 0 Å². The summed E-state index contributed by atoms with van der Waals surface area (Å²) in [6.07, 6.45) is -0.493. The van der Waals surface area contributed by atoms with Gasteiger partial charge in [-0.25, -0.2) is 4.79 Å². The van der Waals surface area contributed by atoms with Gasteiger partial charge in [0.1, 0.15) is 6.54 Å². The summed E-state index contributed by atoms with van der Waals surface area (Å²) >= 11 is 0. The quantitative estimate of drug-likeness (QED) is 0.551. The standard InChI is InChI=1S/C13H24N2O6/c1-5-21-11(18)7-15(9(2)3)12(19)14-8-13(4,20)6-10(16)17/h9,20H,5-8H2,1-4H3,(H,14,19)(H,16,17). The van der Waals surface area contributed by atoms with Gasteiger partial charge in [0, 0.05) is 12.6 Å². The number of carbonyl (C=O) groups excluding carboxylic acids is 2. The molecular formula is C13H24N2O6. The van der Waals surface area contributed by atoms with Gasteiger partial charge in [0.2, 0.25) is 0 Å². The molecule has 0 aromatic rings. The lowest BCUT2D eigenvalue weighted by Crippen LogP contribution is -2.51. The summed E-state index contributed by atoms with van der Waals surface area (Å²) in [7, 11) is 0. The predicted molar refractivity (Wildman–Crippen MR) is 74.8 cm³/mol. The number of esters is 1. The van der Waals surface area contributed by atoms with Gasteiger partial charge in [0.15, 0.2) is 0 Å². The van der Waals surface area contributed by atoms with E-state index in [2.05, 4.69) is 5.32 Å². The number of aliphatic hydroxyl groups is 1. The SMILES string of the molecule is CCOC(=O)CN(C(=O)NCC(C)(O)CC(=O)O)C(C)C. The topological polar surface area (TPSA) is 116 Å². The monoisotopic (exact) mass is 304 g/mol. The molecule has 8 heteroatoms. The third-order valence-corrected chi connectivity index (χ3v) is 2.64. The summed E-state index contributed by atoms with van der Waals surface area (Å²) in [5.74, 6) is -1.69. The van der Waals surface area contributed by atoms with Crippen molar-refractivity contribution in [3.05, 3.63) is 0 Å². The normalized spacial score (nSPS) is 13.4. The van der Waals surface area contributed by atoms with Crippen molar-refractivity contribution in [3.8, 4) is 0 Å². The Labute approximate surface area is 124 Å². The zero-order valence-corrected chi connectivity index (χ0v) is 12.9. The first-order valence-corrected chi connectivity index (χ1v) is 6.73. The minimum Gasteiger partial charge on any atom is -0.481 e. The van der Waals surface area contributed by atoms with E-state index in [1.54, 1.807) is 20.8 Å². The molecule has 0 aliphatic carbocycles. The maximum absolute atomic E-state index is 12.0. The van der Waals surface area contributed by atoms with Crippen LogP contribution in [0.1, 0.15) is 34.1 Å². The zero-order valence-electron chi connectivity index (χ0n) is 12.9. The van der Waals surface area contributed by atoms with Crippen LogP contribution in [-0.4, -0.2) is 64.4 Å². The van der Waals surface area contributed by atoms with Crippen LogP contribution in [0.2, 0.25) is 0 Å². The molecule has 8 nitrogen and oxygen atoms in total. The lowest BCUT2D eigenvalue weighted by Gasteiger charge is -2.28. The summed E-state index contributed by atoms with van der Waals surface area (Å²) in [4.78, 5) is 35.3. The van der Waals surface area contributed by atoms with Crippen LogP contribution in [0.25, 0.3) is 0 Å². The Bertz CT molecular complexity index is 381. The van der Waals surface area contributed by atoms with E-state index in [9.17, 15) is 19.5 Å². The molecular weight excluding hydrogens is 280 g/mol. The van der Waals surface area contributed by atoms with E-state index < -0.39 is 30.0 Å². The number of nitrogens with one attached hydrogen (secondary N) is 1. The molecule has 122 valence electrons. The fourth-order valence-corrected chi connectivity index (χ4v) is 1.59. The molecule has 0 saturated carbocycles. The Morgan fingerprint density at radius 2 is 1.90 bits per heavy atom. The van der Waals surface area contributed by atoms with Gasteiger partial charge in [-0.15, -0.1) is 0 Å². The maximum Gasteiger partial charge on any atom is 0.325 e. The van der Waals surface area contributed by atoms with Gasteiger partial charge < -0.3 is 25.2 Å². The number of ether oxygens (including phenoxy) is 1. The highest BCUT2D eigenvalue weighted by molar-refractivity contribution is 5.81. The number of nitrogens with zero attached hydrogens (tertiary/aromatic N) is 1. The number of carbonyl (C=O) groups is 3. The first-order chi connectivity index (χ1) is 9.59. The summed E-state index contributed by atoms with van der Waals surface area (Å²) in [6.45, 7) is 6.22. The van der Waals surface area contributed by atoms with Gasteiger partial charge in [-0.05, 0) is 27.7 Å². The molecule has 1 unspecified atom stereocenters. The van der Waals surface area contributed by atoms with Crippen molar-refractivity contribution in [1.82, 2.24) is 10.2 Å². The molecule has 0 heterocycles. The van der Waals surface area contributed by atoms with Crippen LogP contribution in [0.5, 0.6) is 0 Å². The Kier molecular flexibility index (Phi) is 7.72. The number of urea groups is 1. The molecule has 3 N–H and O–H groups in total. The van der Waals surface area contributed by atoms with E-state index in [1.165, 1.54) is 11.8 Å². The van der Waals surface area contributed by atoms with E-state index >= 15 is 0 Å². The van der Waals surface area contributed by atoms with Crippen LogP contribution in [0.4, 0.5) is 4.79 Å². The highest BCUT2D eigenvalue weighted by Gasteiger charge is 2.27. The van der Waals surface area contributed by atoms with Crippen molar-refractivity contribution < 1.29 is 29.3 Å². The predicted octanol–water partition coefficient (Wildman–Crippen LogP) is 0.195. The van der Waals surface area contributed by atoms with Crippen LogP contribution in [-0.2, 0) is 14.3 Å². The molecule has 0 fully saturated rings. The van der Waals surface area contributed by atoms with Crippen molar-refractivity contribution in [1.29, 1.82) is 0 Å². The molecule has 21 heavy (non-hydrogen) atoms. The van der Waals surface area contributed by atoms with Gasteiger partial charge in [0.25, 0.3) is 0 Å². The van der Waals surface area contributed by atoms with E-state index in [-0.39, 0.29) is 25.7 Å². The maximum atomic E-state index is 12.0. The zero-order chi connectivity index (χ0) is 16.6. The number of hydrogen-bond donors (Lipinski definition) is 3. The second-order valence-corrected chi connectivity index (χ2v) is 5.25. The molecule has 0 aliphatic heterocycles. The number of carboxylic acid groups (broad SMARTS) is 1.